The first-order chi connectivity index (χ1) is 21.2. The van der Waals surface area contributed by atoms with Crippen LogP contribution in [-0.4, -0.2) is 79.8 Å². The number of likely N-dealkylation sites (tertiary alicyclic amines) is 1. The molecule has 2 aromatic heterocycles. The molecule has 0 bridgehead atoms. The van der Waals surface area contributed by atoms with E-state index in [1.807, 2.05) is 0 Å². The first kappa shape index (κ1) is 31.3. The molecule has 4 aromatic rings. The second-order valence-corrected chi connectivity index (χ2v) is 11.4. The number of carbonyl (C=O) groups excluding carboxylic acids is 1. The number of aromatic nitrogens is 4. The number of carbonyl (C=O) groups is 1. The number of rotatable bonds is 14. The Balaban J connectivity index is 1.18. The number of nitrogens with one attached hydrogen (secondary N) is 2. The average molecular weight is 630 g/mol. The van der Waals surface area contributed by atoms with Crippen LogP contribution in [0.4, 0.5) is 21.7 Å². The largest absolute Gasteiger partial charge is 0.493 e. The van der Waals surface area contributed by atoms with Crippen LogP contribution >= 0.6 is 7.82 Å². The van der Waals surface area contributed by atoms with Gasteiger partial charge in [-0.2, -0.15) is 5.10 Å². The maximum absolute atomic E-state index is 13.4. The second kappa shape index (κ2) is 14.1. The highest BCUT2D eigenvalue weighted by atomic mass is 31.2. The van der Waals surface area contributed by atoms with Gasteiger partial charge in [0.15, 0.2) is 17.3 Å². The fraction of sp³-hybridized carbons (Fsp3) is 0.357. The van der Waals surface area contributed by atoms with Crippen LogP contribution in [0.5, 0.6) is 11.5 Å². The van der Waals surface area contributed by atoms with E-state index >= 15 is 0 Å². The summed E-state index contributed by atoms with van der Waals surface area (Å²) in [5.41, 5.74) is 0.970. The molecule has 0 spiro atoms. The molecule has 3 heterocycles. The van der Waals surface area contributed by atoms with Crippen molar-refractivity contribution >= 4 is 42.0 Å². The number of nitrogens with zero attached hydrogens (tertiary/aromatic N) is 5. The van der Waals surface area contributed by atoms with Crippen molar-refractivity contribution in [2.24, 2.45) is 0 Å². The van der Waals surface area contributed by atoms with Crippen molar-refractivity contribution in [1.82, 2.24) is 24.6 Å². The monoisotopic (exact) mass is 629 g/mol. The van der Waals surface area contributed by atoms with Gasteiger partial charge >= 0.3 is 7.82 Å². The summed E-state index contributed by atoms with van der Waals surface area (Å²) in [5.74, 6) is 1.14. The lowest BCUT2D eigenvalue weighted by atomic mass is 10.2. The fourth-order valence-electron chi connectivity index (χ4n) is 5.00. The molecule has 14 nitrogen and oxygen atoms in total. The topological polar surface area (TPSA) is 173 Å². The molecule has 16 heteroatoms. The summed E-state index contributed by atoms with van der Waals surface area (Å²) >= 11 is 0. The first-order valence-electron chi connectivity index (χ1n) is 13.9. The van der Waals surface area contributed by atoms with Crippen LogP contribution in [-0.2, 0) is 20.4 Å². The van der Waals surface area contributed by atoms with Crippen molar-refractivity contribution in [3.8, 4) is 11.5 Å². The summed E-state index contributed by atoms with van der Waals surface area (Å²) in [6, 6.07) is 10.8. The number of methoxy groups -OCH3 is 1. The normalized spacial score (nSPS) is 15.4. The SMILES string of the molecule is COc1cc2c(Nc3ccn(CC(=O)Nc4cccc(F)c4)n3)ncnc2cc1OCCCN1CCC[C@@H]1COP(=O)(O)O. The number of anilines is 3. The van der Waals surface area contributed by atoms with Gasteiger partial charge in [-0.05, 0) is 50.1 Å². The number of phosphoric ester groups is 1. The van der Waals surface area contributed by atoms with E-state index in [4.69, 9.17) is 23.8 Å². The van der Waals surface area contributed by atoms with E-state index in [1.54, 1.807) is 30.5 Å². The van der Waals surface area contributed by atoms with Crippen LogP contribution in [0.25, 0.3) is 10.9 Å². The van der Waals surface area contributed by atoms with Crippen molar-refractivity contribution in [2.75, 3.05) is 44.0 Å². The molecule has 1 aliphatic rings. The number of hydrogen-bond donors (Lipinski definition) is 4. The first-order valence-corrected chi connectivity index (χ1v) is 15.5. The molecule has 4 N–H and O–H groups in total. The predicted molar refractivity (Wildman–Crippen MR) is 159 cm³/mol. The third kappa shape index (κ3) is 8.49. The Morgan fingerprint density at radius 1 is 1.18 bits per heavy atom. The van der Waals surface area contributed by atoms with Crippen LogP contribution in [0, 0.1) is 5.82 Å². The van der Waals surface area contributed by atoms with Gasteiger partial charge in [0.1, 0.15) is 24.5 Å². The Morgan fingerprint density at radius 2 is 2.05 bits per heavy atom. The average Bonchev–Trinajstić information content (AvgIpc) is 3.62. The standard InChI is InChI=1S/C28H33FN7O7P/c1-41-24-14-22-23(15-25(24)42-12-4-10-35-9-3-7-21(35)17-43-44(38,39)40)30-18-31-28(22)33-26-8-11-36(34-26)16-27(37)32-20-6-2-5-19(29)13-20/h2,5-6,8,11,13-15,18,21H,3-4,7,9-10,12,16-17H2,1H3,(H,32,37)(H2,38,39,40)(H,30,31,33,34)/t21-/m1/s1. The van der Waals surface area contributed by atoms with Gasteiger partial charge in [-0.1, -0.05) is 6.07 Å². The molecule has 0 radical (unpaired) electrons. The van der Waals surface area contributed by atoms with Gasteiger partial charge in [0.25, 0.3) is 0 Å². The van der Waals surface area contributed by atoms with Crippen LogP contribution in [0.3, 0.4) is 0 Å². The third-order valence-electron chi connectivity index (χ3n) is 7.00. The van der Waals surface area contributed by atoms with Gasteiger partial charge in [-0.15, -0.1) is 0 Å². The third-order valence-corrected chi connectivity index (χ3v) is 7.49. The summed E-state index contributed by atoms with van der Waals surface area (Å²) in [6.07, 6.45) is 5.50. The van der Waals surface area contributed by atoms with E-state index in [1.165, 1.54) is 36.3 Å². The maximum atomic E-state index is 13.4. The molecular formula is C28H33FN7O7P. The van der Waals surface area contributed by atoms with Gasteiger partial charge in [0.2, 0.25) is 5.91 Å². The summed E-state index contributed by atoms with van der Waals surface area (Å²) in [5, 5.41) is 10.8. The highest BCUT2D eigenvalue weighted by molar-refractivity contribution is 7.46. The number of fused-ring (bicyclic) bond motifs is 1. The van der Waals surface area contributed by atoms with Crippen LogP contribution < -0.4 is 20.1 Å². The number of benzene rings is 2. The van der Waals surface area contributed by atoms with Gasteiger partial charge in [-0.3, -0.25) is 18.9 Å². The zero-order valence-corrected chi connectivity index (χ0v) is 24.8. The molecule has 0 aliphatic carbocycles. The lowest BCUT2D eigenvalue weighted by Crippen LogP contribution is -2.34. The minimum Gasteiger partial charge on any atom is -0.493 e. The number of halogens is 1. The van der Waals surface area contributed by atoms with Crippen molar-refractivity contribution < 1.29 is 37.5 Å². The molecule has 234 valence electrons. The van der Waals surface area contributed by atoms with Crippen molar-refractivity contribution in [3.63, 3.8) is 0 Å². The van der Waals surface area contributed by atoms with E-state index in [0.29, 0.717) is 59.3 Å². The maximum Gasteiger partial charge on any atom is 0.469 e. The Labute approximate surface area is 252 Å². The number of ether oxygens (including phenoxy) is 2. The number of phosphoric acid groups is 1. The molecular weight excluding hydrogens is 596 g/mol. The van der Waals surface area contributed by atoms with E-state index in [-0.39, 0.29) is 25.1 Å². The molecule has 44 heavy (non-hydrogen) atoms. The van der Waals surface area contributed by atoms with Crippen LogP contribution in [0.15, 0.2) is 55.0 Å². The molecule has 1 atom stereocenters. The molecule has 0 unspecified atom stereocenters. The summed E-state index contributed by atoms with van der Waals surface area (Å²) in [6.45, 7) is 1.84. The highest BCUT2D eigenvalue weighted by Crippen LogP contribution is 2.37. The van der Waals surface area contributed by atoms with Gasteiger partial charge in [-0.25, -0.2) is 18.9 Å². The minimum absolute atomic E-state index is 0.00808. The van der Waals surface area contributed by atoms with Crippen molar-refractivity contribution in [2.45, 2.75) is 31.8 Å². The molecule has 5 rings (SSSR count). The zero-order valence-electron chi connectivity index (χ0n) is 23.9. The zero-order chi connectivity index (χ0) is 31.1. The van der Waals surface area contributed by atoms with E-state index in [0.717, 1.165) is 19.4 Å². The highest BCUT2D eigenvalue weighted by Gasteiger charge is 2.27. The Bertz CT molecular complexity index is 1650. The summed E-state index contributed by atoms with van der Waals surface area (Å²) in [4.78, 5) is 41.3. The van der Waals surface area contributed by atoms with Crippen LogP contribution in [0.2, 0.25) is 0 Å². The van der Waals surface area contributed by atoms with E-state index in [9.17, 15) is 13.8 Å². The Morgan fingerprint density at radius 3 is 2.84 bits per heavy atom. The van der Waals surface area contributed by atoms with Crippen LogP contribution in [0.1, 0.15) is 19.3 Å². The summed E-state index contributed by atoms with van der Waals surface area (Å²) < 4.78 is 42.2. The smallest absolute Gasteiger partial charge is 0.469 e. The molecule has 1 saturated heterocycles. The van der Waals surface area contributed by atoms with Crippen molar-refractivity contribution in [3.05, 3.63) is 60.8 Å². The summed E-state index contributed by atoms with van der Waals surface area (Å²) in [7, 11) is -2.96. The number of amides is 1. The second-order valence-electron chi connectivity index (χ2n) is 10.1. The molecule has 1 amide bonds. The minimum atomic E-state index is -4.49. The number of hydrogen-bond acceptors (Lipinski definition) is 10. The van der Waals surface area contributed by atoms with Crippen molar-refractivity contribution in [1.29, 1.82) is 0 Å². The van der Waals surface area contributed by atoms with Gasteiger partial charge < -0.3 is 29.9 Å². The van der Waals surface area contributed by atoms with Gasteiger partial charge in [0, 0.05) is 42.0 Å². The predicted octanol–water partition coefficient (Wildman–Crippen LogP) is 3.70. The molecule has 1 fully saturated rings. The fourth-order valence-corrected chi connectivity index (χ4v) is 5.37. The van der Waals surface area contributed by atoms with Gasteiger partial charge in [0.05, 0.1) is 25.8 Å². The van der Waals surface area contributed by atoms with E-state index in [2.05, 4.69) is 30.6 Å². The Hall–Kier alpha value is -4.14. The molecule has 2 aromatic carbocycles. The quantitative estimate of drug-likeness (QED) is 0.118. The lowest BCUT2D eigenvalue weighted by molar-refractivity contribution is -0.116. The van der Waals surface area contributed by atoms with E-state index < -0.39 is 13.6 Å². The molecule has 0 saturated carbocycles. The Kier molecular flexibility index (Phi) is 10.0. The molecule has 1 aliphatic heterocycles. The lowest BCUT2D eigenvalue weighted by Gasteiger charge is -2.24.